The summed E-state index contributed by atoms with van der Waals surface area (Å²) in [5.41, 5.74) is 6.84. The van der Waals surface area contributed by atoms with Crippen molar-refractivity contribution < 1.29 is 9.32 Å². The minimum atomic E-state index is -0.336. The Bertz CT molecular complexity index is 582. The number of nitrogen functional groups attached to an aromatic ring is 1. The van der Waals surface area contributed by atoms with Gasteiger partial charge in [-0.2, -0.15) is 0 Å². The lowest BCUT2D eigenvalue weighted by Crippen LogP contribution is -2.24. The minimum Gasteiger partial charge on any atom is -0.397 e. The Kier molecular flexibility index (Phi) is 3.47. The first-order valence-electron chi connectivity index (χ1n) is 5.17. The lowest BCUT2D eigenvalue weighted by Gasteiger charge is -2.05. The van der Waals surface area contributed by atoms with Crippen LogP contribution >= 0.6 is 11.6 Å². The zero-order valence-electron chi connectivity index (χ0n) is 9.61. The smallest absolute Gasteiger partial charge is 0.253 e. The molecule has 94 valence electrons. The number of hydrogen-bond donors (Lipinski definition) is 2. The molecule has 0 aliphatic carbocycles. The van der Waals surface area contributed by atoms with Crippen LogP contribution < -0.4 is 11.1 Å². The van der Waals surface area contributed by atoms with Crippen LogP contribution in [0.5, 0.6) is 0 Å². The van der Waals surface area contributed by atoms with Crippen LogP contribution in [0.4, 0.5) is 5.69 Å². The van der Waals surface area contributed by atoms with Crippen molar-refractivity contribution in [3.8, 4) is 0 Å². The van der Waals surface area contributed by atoms with Crippen molar-refractivity contribution in [3.63, 3.8) is 0 Å². The van der Waals surface area contributed by atoms with Crippen LogP contribution in [0.2, 0.25) is 5.15 Å². The van der Waals surface area contributed by atoms with Gasteiger partial charge in [-0.3, -0.25) is 4.79 Å². The fourth-order valence-corrected chi connectivity index (χ4v) is 1.56. The number of anilines is 1. The summed E-state index contributed by atoms with van der Waals surface area (Å²) in [4.78, 5) is 15.6. The van der Waals surface area contributed by atoms with Gasteiger partial charge in [0.25, 0.3) is 5.91 Å². The van der Waals surface area contributed by atoms with Crippen LogP contribution in [0, 0.1) is 6.92 Å². The fraction of sp³-hybridized carbons (Fsp3) is 0.182. The van der Waals surface area contributed by atoms with E-state index in [-0.39, 0.29) is 28.9 Å². The molecular formula is C11H11ClN4O2. The number of nitrogens with one attached hydrogen (secondary N) is 1. The first kappa shape index (κ1) is 12.4. The quantitative estimate of drug-likeness (QED) is 0.822. The molecule has 0 saturated carbocycles. The molecule has 0 atom stereocenters. The zero-order valence-corrected chi connectivity index (χ0v) is 10.4. The summed E-state index contributed by atoms with van der Waals surface area (Å²) in [6.45, 7) is 2.04. The standard InChI is InChI=1S/C11H11ClN4O2/c1-6-2-7(16-18-6)4-15-11(17)8-3-10(12)14-5-9(8)13/h2-3,5H,4,13H2,1H3,(H,15,17). The largest absolute Gasteiger partial charge is 0.397 e. The van der Waals surface area contributed by atoms with Crippen LogP contribution in [0.25, 0.3) is 0 Å². The van der Waals surface area contributed by atoms with E-state index in [1.165, 1.54) is 12.3 Å². The summed E-state index contributed by atoms with van der Waals surface area (Å²) in [6, 6.07) is 3.16. The molecule has 3 N–H and O–H groups in total. The molecule has 18 heavy (non-hydrogen) atoms. The average molecular weight is 267 g/mol. The van der Waals surface area contributed by atoms with E-state index >= 15 is 0 Å². The maximum Gasteiger partial charge on any atom is 0.253 e. The summed E-state index contributed by atoms with van der Waals surface area (Å²) in [7, 11) is 0. The number of nitrogens with two attached hydrogens (primary N) is 1. The number of nitrogens with zero attached hydrogens (tertiary/aromatic N) is 2. The number of carbonyl (C=O) groups excluding carboxylic acids is 1. The SMILES string of the molecule is Cc1cc(CNC(=O)c2cc(Cl)ncc2N)no1. The normalized spacial score (nSPS) is 10.3. The monoisotopic (exact) mass is 266 g/mol. The molecule has 0 unspecified atom stereocenters. The highest BCUT2D eigenvalue weighted by Gasteiger charge is 2.11. The van der Waals surface area contributed by atoms with Crippen LogP contribution in [0.3, 0.4) is 0 Å². The summed E-state index contributed by atoms with van der Waals surface area (Å²) in [5, 5.41) is 6.65. The predicted octanol–water partition coefficient (Wildman–Crippen LogP) is 1.54. The molecule has 0 aliphatic rings. The summed E-state index contributed by atoms with van der Waals surface area (Å²) >= 11 is 5.71. The van der Waals surface area contributed by atoms with Gasteiger partial charge in [0.15, 0.2) is 0 Å². The maximum absolute atomic E-state index is 11.9. The van der Waals surface area contributed by atoms with Crippen molar-refractivity contribution in [1.82, 2.24) is 15.5 Å². The van der Waals surface area contributed by atoms with Crippen molar-refractivity contribution >= 4 is 23.2 Å². The molecule has 2 heterocycles. The number of carbonyl (C=O) groups is 1. The van der Waals surface area contributed by atoms with Crippen molar-refractivity contribution in [1.29, 1.82) is 0 Å². The Hall–Kier alpha value is -2.08. The first-order chi connectivity index (χ1) is 8.56. The number of rotatable bonds is 3. The first-order valence-corrected chi connectivity index (χ1v) is 5.55. The highest BCUT2D eigenvalue weighted by atomic mass is 35.5. The Balaban J connectivity index is 2.05. The van der Waals surface area contributed by atoms with Gasteiger partial charge in [0, 0.05) is 6.07 Å². The Labute approximate surface area is 108 Å². The van der Waals surface area contributed by atoms with Crippen molar-refractivity contribution in [2.24, 2.45) is 0 Å². The van der Waals surface area contributed by atoms with Gasteiger partial charge in [-0.15, -0.1) is 0 Å². The second-order valence-corrected chi connectivity index (χ2v) is 4.09. The number of hydrogen-bond acceptors (Lipinski definition) is 5. The number of aryl methyl sites for hydroxylation is 1. The molecule has 7 heteroatoms. The van der Waals surface area contributed by atoms with E-state index in [4.69, 9.17) is 21.9 Å². The van der Waals surface area contributed by atoms with Gasteiger partial charge in [-0.1, -0.05) is 16.8 Å². The predicted molar refractivity (Wildman–Crippen MR) is 66.1 cm³/mol. The van der Waals surface area contributed by atoms with Gasteiger partial charge in [-0.05, 0) is 13.0 Å². The fourth-order valence-electron chi connectivity index (χ4n) is 1.40. The van der Waals surface area contributed by atoms with Gasteiger partial charge >= 0.3 is 0 Å². The van der Waals surface area contributed by atoms with E-state index < -0.39 is 0 Å². The lowest BCUT2D eigenvalue weighted by atomic mass is 10.2. The number of halogens is 1. The molecule has 0 spiro atoms. The molecular weight excluding hydrogens is 256 g/mol. The third kappa shape index (κ3) is 2.78. The lowest BCUT2D eigenvalue weighted by molar-refractivity contribution is 0.0951. The van der Waals surface area contributed by atoms with Gasteiger partial charge in [-0.25, -0.2) is 4.98 Å². The van der Waals surface area contributed by atoms with Gasteiger partial charge in [0.2, 0.25) is 0 Å². The zero-order chi connectivity index (χ0) is 13.1. The van der Waals surface area contributed by atoms with E-state index in [9.17, 15) is 4.79 Å². The van der Waals surface area contributed by atoms with Crippen molar-refractivity contribution in [3.05, 3.63) is 40.5 Å². The number of amides is 1. The van der Waals surface area contributed by atoms with Crippen molar-refractivity contribution in [2.45, 2.75) is 13.5 Å². The Morgan fingerprint density at radius 2 is 2.33 bits per heavy atom. The third-order valence-electron chi connectivity index (χ3n) is 2.25. The highest BCUT2D eigenvalue weighted by molar-refractivity contribution is 6.29. The molecule has 2 aromatic rings. The second-order valence-electron chi connectivity index (χ2n) is 3.71. The summed E-state index contributed by atoms with van der Waals surface area (Å²) in [5.74, 6) is 0.350. The minimum absolute atomic E-state index is 0.214. The molecule has 0 fully saturated rings. The number of aromatic nitrogens is 2. The molecule has 0 saturated heterocycles. The van der Waals surface area contributed by atoms with E-state index in [2.05, 4.69) is 15.5 Å². The Morgan fingerprint density at radius 3 is 3.00 bits per heavy atom. The van der Waals surface area contributed by atoms with Gasteiger partial charge in [0.05, 0.1) is 24.0 Å². The second kappa shape index (κ2) is 5.05. The van der Waals surface area contributed by atoms with Crippen LogP contribution in [0.15, 0.2) is 22.9 Å². The average Bonchev–Trinajstić information content (AvgIpc) is 2.75. The highest BCUT2D eigenvalue weighted by Crippen LogP contribution is 2.14. The Morgan fingerprint density at radius 1 is 1.56 bits per heavy atom. The molecule has 2 aromatic heterocycles. The van der Waals surface area contributed by atoms with Crippen LogP contribution in [-0.4, -0.2) is 16.0 Å². The molecule has 1 amide bonds. The van der Waals surface area contributed by atoms with E-state index in [0.717, 1.165) is 0 Å². The summed E-state index contributed by atoms with van der Waals surface area (Å²) in [6.07, 6.45) is 1.34. The molecule has 0 aromatic carbocycles. The maximum atomic E-state index is 11.9. The van der Waals surface area contributed by atoms with Crippen LogP contribution in [0.1, 0.15) is 21.8 Å². The van der Waals surface area contributed by atoms with Gasteiger partial charge in [0.1, 0.15) is 16.6 Å². The van der Waals surface area contributed by atoms with Gasteiger partial charge < -0.3 is 15.6 Å². The van der Waals surface area contributed by atoms with Crippen LogP contribution in [-0.2, 0) is 6.54 Å². The molecule has 0 aliphatic heterocycles. The third-order valence-corrected chi connectivity index (χ3v) is 2.46. The van der Waals surface area contributed by atoms with Crippen molar-refractivity contribution in [2.75, 3.05) is 5.73 Å². The topological polar surface area (TPSA) is 94.0 Å². The summed E-state index contributed by atoms with van der Waals surface area (Å²) < 4.78 is 4.89. The number of pyridine rings is 1. The van der Waals surface area contributed by atoms with E-state index in [1.54, 1.807) is 13.0 Å². The molecule has 0 radical (unpaired) electrons. The molecule has 2 rings (SSSR count). The van der Waals surface area contributed by atoms with E-state index in [0.29, 0.717) is 11.5 Å². The molecule has 0 bridgehead atoms. The van der Waals surface area contributed by atoms with E-state index in [1.807, 2.05) is 0 Å². The molecule has 6 nitrogen and oxygen atoms in total.